The Kier molecular flexibility index (Phi) is 2.40. The number of nitrogens with zero attached hydrogens (tertiary/aromatic N) is 4. The third-order valence-electron chi connectivity index (χ3n) is 1.84. The predicted octanol–water partition coefficient (Wildman–Crippen LogP) is 1.36. The molecular formula is C9H10N5O+. The lowest BCUT2D eigenvalue weighted by Crippen LogP contribution is -2.24. The van der Waals surface area contributed by atoms with Gasteiger partial charge in [0.05, 0.1) is 12.7 Å². The summed E-state index contributed by atoms with van der Waals surface area (Å²) in [6.07, 6.45) is 1.60. The summed E-state index contributed by atoms with van der Waals surface area (Å²) in [5.74, 6) is 0.768. The summed E-state index contributed by atoms with van der Waals surface area (Å²) in [7, 11) is 1.81. The van der Waals surface area contributed by atoms with Crippen molar-refractivity contribution < 1.29 is 9.67 Å². The highest BCUT2D eigenvalue weighted by molar-refractivity contribution is 5.40. The topological polar surface area (TPSA) is 77.5 Å². The standard InChI is InChI=1S/C9H9N5O/c1-14-6-10-12-9(14)13-11-7-2-4-8(15)5-3-7/h2-6H,1H3,(H,12,13,15)/p+1. The SMILES string of the molecule is C[n+]1cn[nH]c1N=Nc1ccc(O)cc1. The Labute approximate surface area is 85.9 Å². The Morgan fingerprint density at radius 2 is 2.00 bits per heavy atom. The number of aromatic amines is 1. The normalized spacial score (nSPS) is 11.0. The number of azo groups is 1. The molecule has 1 aromatic heterocycles. The van der Waals surface area contributed by atoms with E-state index < -0.39 is 0 Å². The van der Waals surface area contributed by atoms with Crippen molar-refractivity contribution in [3.05, 3.63) is 30.6 Å². The molecule has 0 fully saturated rings. The van der Waals surface area contributed by atoms with Crippen LogP contribution in [0.3, 0.4) is 0 Å². The molecule has 0 bridgehead atoms. The van der Waals surface area contributed by atoms with Crippen molar-refractivity contribution >= 4 is 11.6 Å². The highest BCUT2D eigenvalue weighted by atomic mass is 16.3. The summed E-state index contributed by atoms with van der Waals surface area (Å²) < 4.78 is 1.71. The third kappa shape index (κ3) is 2.16. The molecule has 76 valence electrons. The predicted molar refractivity (Wildman–Crippen MR) is 52.0 cm³/mol. The number of aromatic nitrogens is 3. The summed E-state index contributed by atoms with van der Waals surface area (Å²) in [5.41, 5.74) is 0.669. The molecule has 6 heteroatoms. The first-order valence-corrected chi connectivity index (χ1v) is 4.35. The number of hydrogen-bond acceptors (Lipinski definition) is 4. The maximum absolute atomic E-state index is 9.06. The van der Waals surface area contributed by atoms with Crippen LogP contribution in [-0.4, -0.2) is 15.3 Å². The van der Waals surface area contributed by atoms with Crippen molar-refractivity contribution in [1.82, 2.24) is 10.2 Å². The number of H-pyrrole nitrogens is 1. The molecule has 0 atom stereocenters. The van der Waals surface area contributed by atoms with Gasteiger partial charge in [0.25, 0.3) is 0 Å². The Morgan fingerprint density at radius 3 is 2.60 bits per heavy atom. The second kappa shape index (κ2) is 3.87. The van der Waals surface area contributed by atoms with Crippen LogP contribution < -0.4 is 4.57 Å². The minimum atomic E-state index is 0.209. The zero-order valence-corrected chi connectivity index (χ0v) is 8.12. The third-order valence-corrected chi connectivity index (χ3v) is 1.84. The first kappa shape index (κ1) is 9.32. The van der Waals surface area contributed by atoms with Crippen LogP contribution in [0, 0.1) is 0 Å². The Hall–Kier alpha value is -2.24. The van der Waals surface area contributed by atoms with Crippen LogP contribution in [0.15, 0.2) is 40.8 Å². The van der Waals surface area contributed by atoms with Gasteiger partial charge < -0.3 is 5.11 Å². The monoisotopic (exact) mass is 204 g/mol. The molecule has 0 saturated heterocycles. The van der Waals surface area contributed by atoms with Gasteiger partial charge in [0.15, 0.2) is 0 Å². The Morgan fingerprint density at radius 1 is 1.27 bits per heavy atom. The van der Waals surface area contributed by atoms with Gasteiger partial charge in [-0.15, -0.1) is 5.10 Å². The molecule has 0 aliphatic carbocycles. The lowest BCUT2D eigenvalue weighted by atomic mass is 10.3. The fourth-order valence-electron chi connectivity index (χ4n) is 1.02. The van der Waals surface area contributed by atoms with Gasteiger partial charge in [-0.1, -0.05) is 5.11 Å². The molecule has 0 unspecified atom stereocenters. The highest BCUT2D eigenvalue weighted by Gasteiger charge is 2.04. The first-order chi connectivity index (χ1) is 7.25. The van der Waals surface area contributed by atoms with E-state index in [1.165, 1.54) is 0 Å². The van der Waals surface area contributed by atoms with Crippen molar-refractivity contribution in [2.75, 3.05) is 0 Å². The van der Waals surface area contributed by atoms with E-state index >= 15 is 0 Å². The summed E-state index contributed by atoms with van der Waals surface area (Å²) in [6, 6.07) is 6.47. The molecule has 0 saturated carbocycles. The molecule has 15 heavy (non-hydrogen) atoms. The lowest BCUT2D eigenvalue weighted by Gasteiger charge is -1.90. The molecule has 0 aliphatic rings. The first-order valence-electron chi connectivity index (χ1n) is 4.35. The number of rotatable bonds is 2. The number of benzene rings is 1. The van der Waals surface area contributed by atoms with Gasteiger partial charge in [-0.2, -0.15) is 0 Å². The molecule has 1 aromatic carbocycles. The number of aromatic hydroxyl groups is 1. The van der Waals surface area contributed by atoms with Crippen LogP contribution in [0.2, 0.25) is 0 Å². The van der Waals surface area contributed by atoms with Gasteiger partial charge in [-0.3, -0.25) is 0 Å². The van der Waals surface area contributed by atoms with E-state index in [1.54, 1.807) is 35.2 Å². The average molecular weight is 204 g/mol. The van der Waals surface area contributed by atoms with Crippen molar-refractivity contribution in [2.45, 2.75) is 0 Å². The number of phenols is 1. The van der Waals surface area contributed by atoms with Crippen LogP contribution in [0.4, 0.5) is 11.6 Å². The largest absolute Gasteiger partial charge is 0.508 e. The van der Waals surface area contributed by atoms with Crippen LogP contribution in [0.25, 0.3) is 0 Å². The van der Waals surface area contributed by atoms with Crippen molar-refractivity contribution in [3.8, 4) is 5.75 Å². The highest BCUT2D eigenvalue weighted by Crippen LogP contribution is 2.17. The zero-order valence-electron chi connectivity index (χ0n) is 8.12. The Bertz CT molecular complexity index is 474. The molecule has 0 spiro atoms. The van der Waals surface area contributed by atoms with Crippen molar-refractivity contribution in [1.29, 1.82) is 0 Å². The van der Waals surface area contributed by atoms with E-state index in [-0.39, 0.29) is 5.75 Å². The van der Waals surface area contributed by atoms with Gasteiger partial charge in [0.2, 0.25) is 6.33 Å². The van der Waals surface area contributed by atoms with E-state index in [2.05, 4.69) is 20.4 Å². The molecule has 6 nitrogen and oxygen atoms in total. The van der Waals surface area contributed by atoms with Crippen molar-refractivity contribution in [2.24, 2.45) is 17.3 Å². The maximum atomic E-state index is 9.06. The smallest absolute Gasteiger partial charge is 0.401 e. The summed E-state index contributed by atoms with van der Waals surface area (Å²) >= 11 is 0. The lowest BCUT2D eigenvalue weighted by molar-refractivity contribution is -0.658. The second-order valence-electron chi connectivity index (χ2n) is 3.01. The molecule has 2 rings (SSSR count). The second-order valence-corrected chi connectivity index (χ2v) is 3.01. The summed E-state index contributed by atoms with van der Waals surface area (Å²) in [6.45, 7) is 0. The molecule has 0 aliphatic heterocycles. The fourth-order valence-corrected chi connectivity index (χ4v) is 1.02. The molecule has 2 aromatic rings. The minimum absolute atomic E-state index is 0.209. The van der Waals surface area contributed by atoms with Gasteiger partial charge in [-0.05, 0) is 29.4 Å². The molecule has 0 amide bonds. The van der Waals surface area contributed by atoms with Crippen molar-refractivity contribution in [3.63, 3.8) is 0 Å². The van der Waals surface area contributed by atoms with E-state index in [9.17, 15) is 0 Å². The van der Waals surface area contributed by atoms with Crippen LogP contribution in [-0.2, 0) is 7.05 Å². The van der Waals surface area contributed by atoms with E-state index in [0.717, 1.165) is 0 Å². The molecule has 2 N–H and O–H groups in total. The zero-order chi connectivity index (χ0) is 10.7. The van der Waals surface area contributed by atoms with E-state index in [1.807, 2.05) is 7.05 Å². The van der Waals surface area contributed by atoms with E-state index in [0.29, 0.717) is 11.6 Å². The molecule has 0 radical (unpaired) electrons. The minimum Gasteiger partial charge on any atom is -0.508 e. The average Bonchev–Trinajstić information content (AvgIpc) is 2.63. The molecule has 1 heterocycles. The van der Waals surface area contributed by atoms with Gasteiger partial charge in [-0.25, -0.2) is 4.57 Å². The fraction of sp³-hybridized carbons (Fsp3) is 0.111. The van der Waals surface area contributed by atoms with Gasteiger partial charge >= 0.3 is 5.95 Å². The van der Waals surface area contributed by atoms with Crippen LogP contribution in [0.1, 0.15) is 0 Å². The van der Waals surface area contributed by atoms with Crippen LogP contribution >= 0.6 is 0 Å². The number of phenolic OH excluding ortho intramolecular Hbond substituents is 1. The quantitative estimate of drug-likeness (QED) is 0.572. The number of nitrogens with one attached hydrogen (secondary N) is 1. The van der Waals surface area contributed by atoms with Gasteiger partial charge in [0.1, 0.15) is 5.75 Å². The maximum Gasteiger partial charge on any atom is 0.401 e. The van der Waals surface area contributed by atoms with Crippen LogP contribution in [0.5, 0.6) is 5.75 Å². The number of aryl methyl sites for hydroxylation is 1. The summed E-state index contributed by atoms with van der Waals surface area (Å²) in [5, 5.41) is 23.5. The van der Waals surface area contributed by atoms with Gasteiger partial charge in [0, 0.05) is 5.11 Å². The molecular weight excluding hydrogens is 194 g/mol. The Balaban J connectivity index is 2.19. The summed E-state index contributed by atoms with van der Waals surface area (Å²) in [4.78, 5) is 0. The number of hydrogen-bond donors (Lipinski definition) is 2. The van der Waals surface area contributed by atoms with E-state index in [4.69, 9.17) is 5.11 Å².